The molecule has 2 aromatic rings. The number of rotatable bonds is 6. The van der Waals surface area contributed by atoms with E-state index in [1.54, 1.807) is 0 Å². The van der Waals surface area contributed by atoms with Crippen LogP contribution in [0, 0.1) is 5.92 Å². The molecule has 1 aromatic heterocycles. The van der Waals surface area contributed by atoms with Crippen LogP contribution in [-0.4, -0.2) is 27.0 Å². The maximum absolute atomic E-state index is 12.3. The first-order valence-corrected chi connectivity index (χ1v) is 7.38. The first-order valence-electron chi connectivity index (χ1n) is 7.38. The maximum atomic E-state index is 12.3. The van der Waals surface area contributed by atoms with Crippen LogP contribution < -0.4 is 5.32 Å². The van der Waals surface area contributed by atoms with Crippen LogP contribution in [0.4, 0.5) is 0 Å². The molecule has 0 spiro atoms. The zero-order valence-corrected chi connectivity index (χ0v) is 13.1. The summed E-state index contributed by atoms with van der Waals surface area (Å²) in [7, 11) is 0. The normalized spacial score (nSPS) is 12.0. The van der Waals surface area contributed by atoms with E-state index in [1.165, 1.54) is 6.20 Å². The van der Waals surface area contributed by atoms with E-state index >= 15 is 0 Å². The zero-order chi connectivity index (χ0) is 16.8. The molecule has 0 aliphatic carbocycles. The summed E-state index contributed by atoms with van der Waals surface area (Å²) in [5.41, 5.74) is 0.924. The lowest BCUT2D eigenvalue weighted by Crippen LogP contribution is -2.30. The summed E-state index contributed by atoms with van der Waals surface area (Å²) in [6, 6.07) is 9.57. The predicted octanol–water partition coefficient (Wildman–Crippen LogP) is 2.69. The van der Waals surface area contributed by atoms with Crippen molar-refractivity contribution in [2.24, 2.45) is 5.92 Å². The van der Waals surface area contributed by atoms with Crippen LogP contribution >= 0.6 is 0 Å². The number of carboxylic acid groups (broad SMARTS) is 1. The van der Waals surface area contributed by atoms with Gasteiger partial charge in [-0.25, -0.2) is 14.8 Å². The van der Waals surface area contributed by atoms with E-state index in [0.29, 0.717) is 5.92 Å². The van der Waals surface area contributed by atoms with Gasteiger partial charge in [-0.1, -0.05) is 44.2 Å². The van der Waals surface area contributed by atoms with Crippen molar-refractivity contribution in [1.29, 1.82) is 0 Å². The van der Waals surface area contributed by atoms with Crippen LogP contribution in [0.2, 0.25) is 0 Å². The van der Waals surface area contributed by atoms with Gasteiger partial charge < -0.3 is 10.4 Å². The van der Waals surface area contributed by atoms with Gasteiger partial charge in [0.25, 0.3) is 5.91 Å². The second kappa shape index (κ2) is 7.49. The monoisotopic (exact) mass is 313 g/mol. The van der Waals surface area contributed by atoms with Gasteiger partial charge in [-0.3, -0.25) is 4.79 Å². The third-order valence-electron chi connectivity index (χ3n) is 3.32. The van der Waals surface area contributed by atoms with E-state index in [2.05, 4.69) is 29.1 Å². The number of benzene rings is 1. The number of aromatic nitrogens is 2. The van der Waals surface area contributed by atoms with Gasteiger partial charge in [-0.15, -0.1) is 0 Å². The molecule has 0 saturated heterocycles. The molecule has 1 amide bonds. The predicted molar refractivity (Wildman–Crippen MR) is 85.1 cm³/mol. The first-order chi connectivity index (χ1) is 11.0. The average molecular weight is 313 g/mol. The van der Waals surface area contributed by atoms with Crippen LogP contribution in [-0.2, 0) is 0 Å². The van der Waals surface area contributed by atoms with Crippen LogP contribution in [0.3, 0.4) is 0 Å². The van der Waals surface area contributed by atoms with Crippen molar-refractivity contribution in [3.63, 3.8) is 0 Å². The van der Waals surface area contributed by atoms with Crippen LogP contribution in [0.5, 0.6) is 0 Å². The molecule has 0 radical (unpaired) electrons. The second-order valence-electron chi connectivity index (χ2n) is 5.66. The highest BCUT2D eigenvalue weighted by Gasteiger charge is 2.18. The quantitative estimate of drug-likeness (QED) is 0.855. The van der Waals surface area contributed by atoms with Gasteiger partial charge in [0.1, 0.15) is 5.69 Å². The Morgan fingerprint density at radius 2 is 1.70 bits per heavy atom. The fourth-order valence-electron chi connectivity index (χ4n) is 2.22. The van der Waals surface area contributed by atoms with Gasteiger partial charge in [0.2, 0.25) is 0 Å². The van der Waals surface area contributed by atoms with Gasteiger partial charge in [0.15, 0.2) is 5.69 Å². The summed E-state index contributed by atoms with van der Waals surface area (Å²) in [6.07, 6.45) is 3.05. The van der Waals surface area contributed by atoms with Crippen LogP contribution in [0.1, 0.15) is 52.9 Å². The number of hydrogen-bond acceptors (Lipinski definition) is 4. The van der Waals surface area contributed by atoms with Crippen molar-refractivity contribution < 1.29 is 14.7 Å². The number of carboxylic acids is 1. The molecule has 1 heterocycles. The van der Waals surface area contributed by atoms with Gasteiger partial charge >= 0.3 is 5.97 Å². The average Bonchev–Trinajstić information content (AvgIpc) is 2.54. The van der Waals surface area contributed by atoms with Gasteiger partial charge in [-0.2, -0.15) is 0 Å². The largest absolute Gasteiger partial charge is 0.476 e. The summed E-state index contributed by atoms with van der Waals surface area (Å²) in [4.78, 5) is 30.7. The van der Waals surface area contributed by atoms with E-state index in [0.717, 1.165) is 18.2 Å². The van der Waals surface area contributed by atoms with Crippen LogP contribution in [0.15, 0.2) is 42.7 Å². The Labute approximate surface area is 134 Å². The van der Waals surface area contributed by atoms with Crippen molar-refractivity contribution in [2.75, 3.05) is 0 Å². The molecule has 2 N–H and O–H groups in total. The summed E-state index contributed by atoms with van der Waals surface area (Å²) < 4.78 is 0. The molecule has 0 aliphatic heterocycles. The van der Waals surface area contributed by atoms with E-state index in [-0.39, 0.29) is 23.3 Å². The number of carbonyl (C=O) groups excluding carboxylic acids is 1. The van der Waals surface area contributed by atoms with Gasteiger partial charge in [0, 0.05) is 0 Å². The number of hydrogen-bond donors (Lipinski definition) is 2. The molecular weight excluding hydrogens is 294 g/mol. The highest BCUT2D eigenvalue weighted by Crippen LogP contribution is 2.21. The standard InChI is InChI=1S/C17H19N3O3/c1-11(2)8-13(12-6-4-3-5-7-12)20-16(21)14-9-19-15(10-18-14)17(22)23/h3-7,9-11,13H,8H2,1-2H3,(H,20,21)(H,22,23). The summed E-state index contributed by atoms with van der Waals surface area (Å²) >= 11 is 0. The Morgan fingerprint density at radius 1 is 1.09 bits per heavy atom. The van der Waals surface area contributed by atoms with Crippen molar-refractivity contribution in [3.8, 4) is 0 Å². The topological polar surface area (TPSA) is 92.2 Å². The SMILES string of the molecule is CC(C)CC(NC(=O)c1cnc(C(=O)O)cn1)c1ccccc1. The molecule has 0 aliphatic rings. The van der Waals surface area contributed by atoms with Gasteiger partial charge in [0.05, 0.1) is 18.4 Å². The summed E-state index contributed by atoms with van der Waals surface area (Å²) in [6.45, 7) is 4.17. The maximum Gasteiger partial charge on any atom is 0.356 e. The van der Waals surface area contributed by atoms with Crippen molar-refractivity contribution in [2.45, 2.75) is 26.3 Å². The molecule has 23 heavy (non-hydrogen) atoms. The molecule has 0 saturated carbocycles. The fraction of sp³-hybridized carbons (Fsp3) is 0.294. The molecule has 6 nitrogen and oxygen atoms in total. The van der Waals surface area contributed by atoms with Crippen LogP contribution in [0.25, 0.3) is 0 Å². The number of carbonyl (C=O) groups is 2. The minimum absolute atomic E-state index is 0.0969. The molecular formula is C17H19N3O3. The number of nitrogens with one attached hydrogen (secondary N) is 1. The molecule has 1 aromatic carbocycles. The van der Waals surface area contributed by atoms with E-state index in [4.69, 9.17) is 5.11 Å². The smallest absolute Gasteiger partial charge is 0.356 e. The van der Waals surface area contributed by atoms with E-state index in [9.17, 15) is 9.59 Å². The Bertz CT molecular complexity index is 669. The second-order valence-corrected chi connectivity index (χ2v) is 5.66. The zero-order valence-electron chi connectivity index (χ0n) is 13.1. The molecule has 6 heteroatoms. The lowest BCUT2D eigenvalue weighted by Gasteiger charge is -2.21. The van der Waals surface area contributed by atoms with E-state index < -0.39 is 5.97 Å². The highest BCUT2D eigenvalue weighted by molar-refractivity contribution is 5.93. The molecule has 0 fully saturated rings. The van der Waals surface area contributed by atoms with Crippen molar-refractivity contribution in [3.05, 3.63) is 59.7 Å². The Kier molecular flexibility index (Phi) is 5.41. The third kappa shape index (κ3) is 4.60. The van der Waals surface area contributed by atoms with E-state index in [1.807, 2.05) is 30.3 Å². The molecule has 2 rings (SSSR count). The van der Waals surface area contributed by atoms with Crippen molar-refractivity contribution >= 4 is 11.9 Å². The number of nitrogens with zero attached hydrogens (tertiary/aromatic N) is 2. The first kappa shape index (κ1) is 16.6. The number of aromatic carboxylic acids is 1. The Morgan fingerprint density at radius 3 is 2.22 bits per heavy atom. The molecule has 1 unspecified atom stereocenters. The third-order valence-corrected chi connectivity index (χ3v) is 3.32. The van der Waals surface area contributed by atoms with Crippen molar-refractivity contribution in [1.82, 2.24) is 15.3 Å². The van der Waals surface area contributed by atoms with Gasteiger partial charge in [-0.05, 0) is 17.9 Å². The summed E-state index contributed by atoms with van der Waals surface area (Å²) in [5, 5.41) is 11.7. The summed E-state index contributed by atoms with van der Waals surface area (Å²) in [5.74, 6) is -1.14. The lowest BCUT2D eigenvalue weighted by molar-refractivity contribution is 0.0688. The minimum atomic E-state index is -1.17. The lowest BCUT2D eigenvalue weighted by atomic mass is 9.97. The molecule has 0 bridgehead atoms. The molecule has 120 valence electrons. The Hall–Kier alpha value is -2.76. The fourth-order valence-corrected chi connectivity index (χ4v) is 2.22. The minimum Gasteiger partial charge on any atom is -0.476 e. The number of amides is 1. The molecule has 1 atom stereocenters. The Balaban J connectivity index is 2.15. The highest BCUT2D eigenvalue weighted by atomic mass is 16.4.